The highest BCUT2D eigenvalue weighted by Gasteiger charge is 2.22. The van der Waals surface area contributed by atoms with Crippen LogP contribution in [0.3, 0.4) is 0 Å². The van der Waals surface area contributed by atoms with E-state index >= 15 is 0 Å². The van der Waals surface area contributed by atoms with E-state index in [9.17, 15) is 19.7 Å². The SMILES string of the molecule is Cc1nn(CC(=O)NN=Cc2ccccc2OC(=O)c2cccs2)c(C)c1[N+](=O)[O-]. The van der Waals surface area contributed by atoms with Crippen molar-refractivity contribution in [3.8, 4) is 5.75 Å². The number of hydrogen-bond acceptors (Lipinski definition) is 8. The van der Waals surface area contributed by atoms with E-state index in [0.717, 1.165) is 0 Å². The predicted molar refractivity (Wildman–Crippen MR) is 110 cm³/mol. The number of carbonyl (C=O) groups is 2. The molecule has 1 amide bonds. The summed E-state index contributed by atoms with van der Waals surface area (Å²) < 4.78 is 6.63. The molecular weight excluding hydrogens is 410 g/mol. The Hall–Kier alpha value is -3.86. The molecule has 1 N–H and O–H groups in total. The molecule has 0 atom stereocenters. The highest BCUT2D eigenvalue weighted by molar-refractivity contribution is 7.12. The zero-order chi connectivity index (χ0) is 21.7. The molecular formula is C19H17N5O5S. The zero-order valence-electron chi connectivity index (χ0n) is 16.1. The Morgan fingerprint density at radius 2 is 2.07 bits per heavy atom. The van der Waals surface area contributed by atoms with Crippen molar-refractivity contribution in [1.29, 1.82) is 0 Å². The van der Waals surface area contributed by atoms with Gasteiger partial charge >= 0.3 is 11.7 Å². The van der Waals surface area contributed by atoms with Crippen molar-refractivity contribution >= 4 is 35.1 Å². The molecule has 1 aromatic carbocycles. The molecule has 3 rings (SSSR count). The number of benzene rings is 1. The number of thiophene rings is 1. The minimum absolute atomic E-state index is 0.118. The summed E-state index contributed by atoms with van der Waals surface area (Å²) in [4.78, 5) is 35.2. The Balaban J connectivity index is 1.64. The van der Waals surface area contributed by atoms with Crippen LogP contribution in [-0.2, 0) is 11.3 Å². The Morgan fingerprint density at radius 1 is 1.30 bits per heavy atom. The fourth-order valence-corrected chi connectivity index (χ4v) is 3.27. The molecule has 11 heteroatoms. The lowest BCUT2D eigenvalue weighted by atomic mass is 10.2. The summed E-state index contributed by atoms with van der Waals surface area (Å²) in [5.74, 6) is -0.705. The molecule has 154 valence electrons. The lowest BCUT2D eigenvalue weighted by Gasteiger charge is -2.06. The Labute approximate surface area is 174 Å². The summed E-state index contributed by atoms with van der Waals surface area (Å²) in [6, 6.07) is 10.2. The Morgan fingerprint density at radius 3 is 2.73 bits per heavy atom. The third-order valence-corrected chi connectivity index (χ3v) is 4.91. The average molecular weight is 427 g/mol. The van der Waals surface area contributed by atoms with Crippen molar-refractivity contribution in [2.45, 2.75) is 20.4 Å². The number of esters is 1. The summed E-state index contributed by atoms with van der Waals surface area (Å²) in [5, 5.41) is 20.7. The predicted octanol–water partition coefficient (Wildman–Crippen LogP) is 2.84. The standard InChI is InChI=1S/C19H17N5O5S/c1-12-18(24(27)28)13(2)23(22-12)11-17(25)21-20-10-14-6-3-4-7-15(14)29-19(26)16-8-5-9-30-16/h3-10H,11H2,1-2H3,(H,21,25). The van der Waals surface area contributed by atoms with E-state index < -0.39 is 16.8 Å². The molecule has 0 aliphatic heterocycles. The number of hydrogen-bond donors (Lipinski definition) is 1. The lowest BCUT2D eigenvalue weighted by molar-refractivity contribution is -0.386. The molecule has 0 fully saturated rings. The third-order valence-electron chi connectivity index (χ3n) is 4.06. The molecule has 10 nitrogen and oxygen atoms in total. The van der Waals surface area contributed by atoms with Crippen LogP contribution in [0.1, 0.15) is 26.6 Å². The topological polar surface area (TPSA) is 129 Å². The van der Waals surface area contributed by atoms with E-state index in [1.54, 1.807) is 41.8 Å². The number of carbonyl (C=O) groups excluding carboxylic acids is 2. The summed E-state index contributed by atoms with van der Waals surface area (Å²) >= 11 is 1.27. The second kappa shape index (κ2) is 9.09. The van der Waals surface area contributed by atoms with E-state index in [1.807, 2.05) is 0 Å². The van der Waals surface area contributed by atoms with Gasteiger partial charge < -0.3 is 4.74 Å². The van der Waals surface area contributed by atoms with Gasteiger partial charge in [-0.2, -0.15) is 10.2 Å². The molecule has 0 bridgehead atoms. The van der Waals surface area contributed by atoms with Gasteiger partial charge in [0.15, 0.2) is 0 Å². The summed E-state index contributed by atoms with van der Waals surface area (Å²) in [6.45, 7) is 2.80. The zero-order valence-corrected chi connectivity index (χ0v) is 16.9. The molecule has 0 aliphatic rings. The second-order valence-corrected chi connectivity index (χ2v) is 7.08. The molecule has 3 aromatic rings. The number of nitrogens with one attached hydrogen (secondary N) is 1. The Kier molecular flexibility index (Phi) is 6.32. The first-order valence-corrected chi connectivity index (χ1v) is 9.59. The van der Waals surface area contributed by atoms with Gasteiger partial charge in [-0.15, -0.1) is 11.3 Å². The minimum Gasteiger partial charge on any atom is -0.422 e. The van der Waals surface area contributed by atoms with Crippen LogP contribution in [0.15, 0.2) is 46.9 Å². The van der Waals surface area contributed by atoms with Crippen LogP contribution in [0.25, 0.3) is 0 Å². The average Bonchev–Trinajstić information content (AvgIpc) is 3.32. The van der Waals surface area contributed by atoms with E-state index in [0.29, 0.717) is 16.2 Å². The molecule has 0 saturated carbocycles. The van der Waals surface area contributed by atoms with Crippen LogP contribution >= 0.6 is 11.3 Å². The molecule has 0 spiro atoms. The number of ether oxygens (including phenoxy) is 1. The van der Waals surface area contributed by atoms with Crippen LogP contribution in [0.5, 0.6) is 5.75 Å². The van der Waals surface area contributed by atoms with Crippen molar-refractivity contribution in [3.05, 3.63) is 73.7 Å². The van der Waals surface area contributed by atoms with Gasteiger partial charge in [0.05, 0.1) is 11.1 Å². The molecule has 2 aromatic heterocycles. The highest BCUT2D eigenvalue weighted by atomic mass is 32.1. The fourth-order valence-electron chi connectivity index (χ4n) is 2.68. The normalized spacial score (nSPS) is 10.9. The number of rotatable bonds is 7. The number of aromatic nitrogens is 2. The summed E-state index contributed by atoms with van der Waals surface area (Å²) in [6.07, 6.45) is 1.35. The fraction of sp³-hybridized carbons (Fsp3) is 0.158. The molecule has 0 aliphatic carbocycles. The van der Waals surface area contributed by atoms with Gasteiger partial charge in [0.1, 0.15) is 28.6 Å². The van der Waals surface area contributed by atoms with Crippen LogP contribution in [0.4, 0.5) is 5.69 Å². The Bertz CT molecular complexity index is 1120. The van der Waals surface area contributed by atoms with Crippen LogP contribution in [-0.4, -0.2) is 32.8 Å². The third kappa shape index (κ3) is 4.75. The van der Waals surface area contributed by atoms with Gasteiger partial charge in [-0.1, -0.05) is 18.2 Å². The van der Waals surface area contributed by atoms with Crippen molar-refractivity contribution in [2.75, 3.05) is 0 Å². The van der Waals surface area contributed by atoms with Gasteiger partial charge in [0.25, 0.3) is 5.91 Å². The summed E-state index contributed by atoms with van der Waals surface area (Å²) in [7, 11) is 0. The first-order valence-electron chi connectivity index (χ1n) is 8.72. The maximum atomic E-state index is 12.1. The lowest BCUT2D eigenvalue weighted by Crippen LogP contribution is -2.24. The first-order chi connectivity index (χ1) is 14.4. The number of amides is 1. The summed E-state index contributed by atoms with van der Waals surface area (Å²) in [5.41, 5.74) is 3.22. The van der Waals surface area contributed by atoms with Gasteiger partial charge in [-0.3, -0.25) is 19.6 Å². The maximum absolute atomic E-state index is 12.1. The number of nitrogens with zero attached hydrogens (tertiary/aromatic N) is 4. The highest BCUT2D eigenvalue weighted by Crippen LogP contribution is 2.21. The van der Waals surface area contributed by atoms with Crippen molar-refractivity contribution < 1.29 is 19.2 Å². The van der Waals surface area contributed by atoms with Gasteiger partial charge in [0, 0.05) is 5.56 Å². The van der Waals surface area contributed by atoms with Crippen LogP contribution in [0, 0.1) is 24.0 Å². The van der Waals surface area contributed by atoms with Gasteiger partial charge in [-0.25, -0.2) is 10.2 Å². The van der Waals surface area contributed by atoms with E-state index in [-0.39, 0.29) is 23.6 Å². The number of para-hydroxylation sites is 1. The van der Waals surface area contributed by atoms with Crippen molar-refractivity contribution in [3.63, 3.8) is 0 Å². The quantitative estimate of drug-likeness (QED) is 0.203. The monoisotopic (exact) mass is 427 g/mol. The molecule has 0 saturated heterocycles. The van der Waals surface area contributed by atoms with Gasteiger partial charge in [0.2, 0.25) is 0 Å². The maximum Gasteiger partial charge on any atom is 0.353 e. The number of hydrazone groups is 1. The smallest absolute Gasteiger partial charge is 0.353 e. The van der Waals surface area contributed by atoms with Crippen LogP contribution < -0.4 is 10.2 Å². The van der Waals surface area contributed by atoms with E-state index in [2.05, 4.69) is 15.6 Å². The van der Waals surface area contributed by atoms with Crippen LogP contribution in [0.2, 0.25) is 0 Å². The van der Waals surface area contributed by atoms with Gasteiger partial charge in [-0.05, 0) is 37.4 Å². The van der Waals surface area contributed by atoms with E-state index in [4.69, 9.17) is 4.74 Å². The minimum atomic E-state index is -0.529. The number of aryl methyl sites for hydroxylation is 1. The molecule has 30 heavy (non-hydrogen) atoms. The van der Waals surface area contributed by atoms with Crippen molar-refractivity contribution in [2.24, 2.45) is 5.10 Å². The number of nitro groups is 1. The second-order valence-electron chi connectivity index (χ2n) is 6.13. The van der Waals surface area contributed by atoms with Crippen molar-refractivity contribution in [1.82, 2.24) is 15.2 Å². The molecule has 0 radical (unpaired) electrons. The first kappa shape index (κ1) is 20.9. The molecule has 0 unspecified atom stereocenters. The molecule has 2 heterocycles. The largest absolute Gasteiger partial charge is 0.422 e. The van der Waals surface area contributed by atoms with E-state index in [1.165, 1.54) is 36.1 Å².